The fourth-order valence-electron chi connectivity index (χ4n) is 8.12. The minimum atomic E-state index is -0.913. The van der Waals surface area contributed by atoms with Crippen molar-refractivity contribution < 1.29 is 29.6 Å². The number of H-pyrrole nitrogens is 1. The average molecular weight is 760 g/mol. The quantitative estimate of drug-likeness (QED) is 0.0728. The SMILES string of the molecule is O=C(Cc1ccc(COc2cccc([C@H](c3ccccc3)N(C(=O)O)C3CN4CCC3CC4)c2)cc1)NCCCNCC(O)c1ccc(O)c2[nH]c(=O)ccc12. The lowest BCUT2D eigenvalue weighted by atomic mass is 9.81. The highest BCUT2D eigenvalue weighted by atomic mass is 16.5. The Balaban J connectivity index is 0.880. The number of carboxylic acid groups (broad SMARTS) is 1. The van der Waals surface area contributed by atoms with E-state index in [1.54, 1.807) is 17.0 Å². The van der Waals surface area contributed by atoms with E-state index in [9.17, 15) is 29.7 Å². The highest BCUT2D eigenvalue weighted by Gasteiger charge is 2.43. The molecule has 0 spiro atoms. The molecule has 3 aliphatic heterocycles. The zero-order valence-corrected chi connectivity index (χ0v) is 31.3. The van der Waals surface area contributed by atoms with Crippen LogP contribution in [0.1, 0.15) is 59.2 Å². The van der Waals surface area contributed by atoms with Gasteiger partial charge in [-0.2, -0.15) is 0 Å². The fraction of sp³-hybridized carbons (Fsp3) is 0.341. The molecule has 0 radical (unpaired) electrons. The molecule has 2 unspecified atom stereocenters. The van der Waals surface area contributed by atoms with Gasteiger partial charge >= 0.3 is 6.09 Å². The molecule has 2 bridgehead atoms. The number of amides is 2. The second kappa shape index (κ2) is 17.8. The van der Waals surface area contributed by atoms with Gasteiger partial charge < -0.3 is 40.6 Å². The van der Waals surface area contributed by atoms with Crippen molar-refractivity contribution in [3.63, 3.8) is 0 Å². The van der Waals surface area contributed by atoms with Gasteiger partial charge in [0.05, 0.1) is 30.1 Å². The number of rotatable bonds is 16. The Kier molecular flexibility index (Phi) is 12.3. The van der Waals surface area contributed by atoms with Crippen molar-refractivity contribution in [3.05, 3.63) is 141 Å². The number of benzene rings is 4. The molecule has 3 saturated heterocycles. The van der Waals surface area contributed by atoms with Crippen LogP contribution >= 0.6 is 0 Å². The number of piperidine rings is 3. The Morgan fingerprint density at radius 1 is 0.893 bits per heavy atom. The molecule has 0 saturated carbocycles. The van der Waals surface area contributed by atoms with Crippen LogP contribution in [-0.2, 0) is 17.8 Å². The zero-order valence-electron chi connectivity index (χ0n) is 31.3. The van der Waals surface area contributed by atoms with E-state index in [1.807, 2.05) is 78.9 Å². The minimum absolute atomic E-state index is 0.0557. The number of carbonyl (C=O) groups is 2. The number of pyridine rings is 1. The molecule has 12 nitrogen and oxygen atoms in total. The summed E-state index contributed by atoms with van der Waals surface area (Å²) in [4.78, 5) is 43.9. The molecule has 0 aliphatic carbocycles. The maximum Gasteiger partial charge on any atom is 0.408 e. The summed E-state index contributed by atoms with van der Waals surface area (Å²) in [7, 11) is 0. The van der Waals surface area contributed by atoms with E-state index in [-0.39, 0.29) is 36.2 Å². The van der Waals surface area contributed by atoms with E-state index in [4.69, 9.17) is 4.74 Å². The van der Waals surface area contributed by atoms with Crippen molar-refractivity contribution in [1.29, 1.82) is 0 Å². The Labute approximate surface area is 325 Å². The summed E-state index contributed by atoms with van der Waals surface area (Å²) < 4.78 is 6.23. The van der Waals surface area contributed by atoms with Gasteiger partial charge in [0, 0.05) is 31.1 Å². The van der Waals surface area contributed by atoms with E-state index in [0.29, 0.717) is 54.3 Å². The van der Waals surface area contributed by atoms with Crippen LogP contribution in [0.4, 0.5) is 4.79 Å². The van der Waals surface area contributed by atoms with Crippen molar-refractivity contribution in [2.45, 2.75) is 50.5 Å². The number of nitrogens with zero attached hydrogens (tertiary/aromatic N) is 2. The summed E-state index contributed by atoms with van der Waals surface area (Å²) in [6.45, 7) is 4.46. The molecule has 4 aromatic carbocycles. The van der Waals surface area contributed by atoms with Crippen LogP contribution in [0.15, 0.2) is 108 Å². The molecule has 3 aliphatic rings. The van der Waals surface area contributed by atoms with E-state index in [1.165, 1.54) is 12.1 Å². The summed E-state index contributed by atoms with van der Waals surface area (Å²) >= 11 is 0. The summed E-state index contributed by atoms with van der Waals surface area (Å²) in [6.07, 6.45) is 1.18. The number of aliphatic hydroxyl groups is 1. The number of phenols is 1. The van der Waals surface area contributed by atoms with Gasteiger partial charge in [-0.25, -0.2) is 4.79 Å². The number of aromatic amines is 1. The van der Waals surface area contributed by atoms with Crippen LogP contribution in [-0.4, -0.2) is 87.4 Å². The minimum Gasteiger partial charge on any atom is -0.506 e. The number of aromatic hydroxyl groups is 1. The molecule has 1 aromatic heterocycles. The van der Waals surface area contributed by atoms with Crippen LogP contribution in [0.25, 0.3) is 10.9 Å². The third kappa shape index (κ3) is 9.22. The number of carbonyl (C=O) groups excluding carboxylic acids is 1. The third-order valence-electron chi connectivity index (χ3n) is 11.0. The summed E-state index contributed by atoms with van der Waals surface area (Å²) in [6, 6.07) is 30.8. The van der Waals surface area contributed by atoms with Gasteiger partial charge in [-0.15, -0.1) is 0 Å². The molecule has 2 amide bonds. The second-order valence-corrected chi connectivity index (χ2v) is 14.8. The molecule has 56 heavy (non-hydrogen) atoms. The topological polar surface area (TPSA) is 167 Å². The number of fused-ring (bicyclic) bond motifs is 4. The Bertz CT molecular complexity index is 2170. The molecule has 8 rings (SSSR count). The highest BCUT2D eigenvalue weighted by Crippen LogP contribution is 2.39. The number of aromatic nitrogens is 1. The summed E-state index contributed by atoms with van der Waals surface area (Å²) in [5.74, 6) is 0.861. The number of nitrogens with one attached hydrogen (secondary N) is 3. The van der Waals surface area contributed by atoms with Crippen molar-refractivity contribution in [3.8, 4) is 11.5 Å². The maximum atomic E-state index is 13.0. The number of aliphatic hydroxyl groups excluding tert-OH is 1. The summed E-state index contributed by atoms with van der Waals surface area (Å²) in [5.41, 5.74) is 4.17. The van der Waals surface area contributed by atoms with Crippen LogP contribution < -0.4 is 20.9 Å². The van der Waals surface area contributed by atoms with Gasteiger partial charge in [-0.3, -0.25) is 14.5 Å². The standard InChI is InChI=1S/C44H49N5O7/c50-38-16-14-35(36-15-17-40(52)47-42(36)38)39(51)26-45-20-5-21-46-41(53)24-29-10-12-30(13-11-29)28-56-34-9-4-8-33(25-34)43(32-6-2-1-3-7-32)49(44(54)55)37-27-48-22-18-31(37)19-23-48/h1-4,6-17,25,31,37,39,43,45,50-51H,5,18-24,26-28H2,(H,46,53)(H,47,52)(H,54,55)/t37?,39?,43-/m0/s1. The lowest BCUT2D eigenvalue weighted by Gasteiger charge is -2.50. The first-order chi connectivity index (χ1) is 27.2. The van der Waals surface area contributed by atoms with Crippen molar-refractivity contribution >= 4 is 22.9 Å². The molecule has 3 fully saturated rings. The van der Waals surface area contributed by atoms with E-state index >= 15 is 0 Å². The largest absolute Gasteiger partial charge is 0.506 e. The van der Waals surface area contributed by atoms with Crippen molar-refractivity contribution in [1.82, 2.24) is 25.4 Å². The van der Waals surface area contributed by atoms with Crippen molar-refractivity contribution in [2.75, 3.05) is 39.3 Å². The molecule has 4 heterocycles. The van der Waals surface area contributed by atoms with E-state index in [0.717, 1.165) is 54.7 Å². The van der Waals surface area contributed by atoms with E-state index in [2.05, 4.69) is 20.5 Å². The second-order valence-electron chi connectivity index (χ2n) is 14.8. The van der Waals surface area contributed by atoms with Gasteiger partial charge in [-0.1, -0.05) is 72.8 Å². The molecular formula is C44H49N5O7. The lowest BCUT2D eigenvalue weighted by molar-refractivity contribution is -0.120. The number of phenolic OH excluding ortho intramolecular Hbond substituents is 1. The molecule has 6 N–H and O–H groups in total. The predicted octanol–water partition coefficient (Wildman–Crippen LogP) is 5.35. The molecule has 292 valence electrons. The van der Waals surface area contributed by atoms with Gasteiger partial charge in [0.25, 0.3) is 0 Å². The van der Waals surface area contributed by atoms with Gasteiger partial charge in [0.2, 0.25) is 11.5 Å². The third-order valence-corrected chi connectivity index (χ3v) is 11.0. The smallest absolute Gasteiger partial charge is 0.408 e. The average Bonchev–Trinajstić information content (AvgIpc) is 3.22. The highest BCUT2D eigenvalue weighted by molar-refractivity contribution is 5.87. The molecule has 3 atom stereocenters. The normalized spacial score (nSPS) is 18.6. The molecule has 5 aromatic rings. The number of hydrogen-bond acceptors (Lipinski definition) is 8. The van der Waals surface area contributed by atoms with Crippen molar-refractivity contribution in [2.24, 2.45) is 5.92 Å². The maximum absolute atomic E-state index is 13.0. The van der Waals surface area contributed by atoms with Crippen LogP contribution in [0.5, 0.6) is 11.5 Å². The monoisotopic (exact) mass is 759 g/mol. The fourth-order valence-corrected chi connectivity index (χ4v) is 8.12. The van der Waals surface area contributed by atoms with Crippen LogP contribution in [0.2, 0.25) is 0 Å². The first kappa shape index (κ1) is 38.6. The summed E-state index contributed by atoms with van der Waals surface area (Å²) in [5, 5.41) is 38.2. The Morgan fingerprint density at radius 2 is 1.64 bits per heavy atom. The Hall–Kier alpha value is -5.69. The van der Waals surface area contributed by atoms with Gasteiger partial charge in [0.15, 0.2) is 0 Å². The number of ether oxygens (including phenoxy) is 1. The first-order valence-corrected chi connectivity index (χ1v) is 19.3. The molecule has 12 heteroatoms. The Morgan fingerprint density at radius 3 is 2.38 bits per heavy atom. The predicted molar refractivity (Wildman–Crippen MR) is 214 cm³/mol. The first-order valence-electron chi connectivity index (χ1n) is 19.3. The molecular weight excluding hydrogens is 711 g/mol. The van der Waals surface area contributed by atoms with E-state index < -0.39 is 18.2 Å². The van der Waals surface area contributed by atoms with Gasteiger partial charge in [0.1, 0.15) is 18.1 Å². The van der Waals surface area contributed by atoms with Gasteiger partial charge in [-0.05, 0) is 96.9 Å². The van der Waals surface area contributed by atoms with Crippen LogP contribution in [0, 0.1) is 5.92 Å². The zero-order chi connectivity index (χ0) is 39.0. The number of hydrogen-bond donors (Lipinski definition) is 6. The lowest BCUT2D eigenvalue weighted by Crippen LogP contribution is -2.59. The van der Waals surface area contributed by atoms with Crippen LogP contribution in [0.3, 0.4) is 0 Å².